The lowest BCUT2D eigenvalue weighted by Crippen LogP contribution is -2.64. The van der Waals surface area contributed by atoms with E-state index in [2.05, 4.69) is 41.9 Å². The van der Waals surface area contributed by atoms with Crippen LogP contribution in [0.25, 0.3) is 22.3 Å². The minimum atomic E-state index is -0.594. The molecule has 0 spiro atoms. The Hall–Kier alpha value is -3.45. The van der Waals surface area contributed by atoms with Crippen LogP contribution < -0.4 is 0 Å². The van der Waals surface area contributed by atoms with Gasteiger partial charge in [0.1, 0.15) is 29.8 Å². The molecule has 186 valence electrons. The van der Waals surface area contributed by atoms with E-state index in [1.54, 1.807) is 15.8 Å². The maximum atomic E-state index is 12.4. The molecule has 1 fully saturated rings. The number of nitriles is 1. The second-order valence-corrected chi connectivity index (χ2v) is 11.4. The van der Waals surface area contributed by atoms with Crippen LogP contribution in [0.4, 0.5) is 4.79 Å². The molecule has 1 aliphatic rings. The van der Waals surface area contributed by atoms with Gasteiger partial charge in [0.15, 0.2) is 0 Å². The van der Waals surface area contributed by atoms with Gasteiger partial charge in [-0.1, -0.05) is 20.8 Å². The third-order valence-corrected chi connectivity index (χ3v) is 5.69. The largest absolute Gasteiger partial charge is 0.444 e. The van der Waals surface area contributed by atoms with Crippen molar-refractivity contribution in [1.82, 2.24) is 29.2 Å². The standard InChI is InChI=1S/C25H33N7O3/c1-23(2,3)15-34-17-30-10-7-19-20(27-16-28-21(19)30)18-11-29-32(12-18)25(8-9-26)13-31(14-25)22(33)35-24(4,5)6/h7,10-12,16H,8,13-15,17H2,1-6H3. The SMILES string of the molecule is CC(C)(C)COCn1ccc2c(-c3cnn(C4(CC#N)CN(C(=O)OC(C)(C)C)C4)c3)ncnc21. The zero-order valence-electron chi connectivity index (χ0n) is 21.3. The van der Waals surface area contributed by atoms with Crippen LogP contribution in [0, 0.1) is 16.7 Å². The molecule has 10 heteroatoms. The molecule has 0 bridgehead atoms. The van der Waals surface area contributed by atoms with E-state index >= 15 is 0 Å². The zero-order valence-corrected chi connectivity index (χ0v) is 21.3. The topological polar surface area (TPSA) is 111 Å². The summed E-state index contributed by atoms with van der Waals surface area (Å²) < 4.78 is 15.1. The number of amides is 1. The van der Waals surface area contributed by atoms with Gasteiger partial charge in [-0.05, 0) is 32.3 Å². The van der Waals surface area contributed by atoms with E-state index < -0.39 is 11.1 Å². The highest BCUT2D eigenvalue weighted by Crippen LogP contribution is 2.35. The Labute approximate surface area is 205 Å². The number of fused-ring (bicyclic) bond motifs is 1. The molecule has 10 nitrogen and oxygen atoms in total. The molecule has 1 saturated heterocycles. The monoisotopic (exact) mass is 479 g/mol. The summed E-state index contributed by atoms with van der Waals surface area (Å²) in [6, 6.07) is 4.22. The minimum Gasteiger partial charge on any atom is -0.444 e. The fourth-order valence-corrected chi connectivity index (χ4v) is 4.10. The van der Waals surface area contributed by atoms with Gasteiger partial charge in [0.2, 0.25) is 0 Å². The average Bonchev–Trinajstić information content (AvgIpc) is 3.36. The minimum absolute atomic E-state index is 0.0810. The Kier molecular flexibility index (Phi) is 6.32. The molecule has 35 heavy (non-hydrogen) atoms. The van der Waals surface area contributed by atoms with E-state index in [9.17, 15) is 10.1 Å². The number of aromatic nitrogens is 5. The number of carbonyl (C=O) groups is 1. The first-order valence-corrected chi connectivity index (χ1v) is 11.7. The summed E-state index contributed by atoms with van der Waals surface area (Å²) in [7, 11) is 0. The van der Waals surface area contributed by atoms with Crippen molar-refractivity contribution < 1.29 is 14.3 Å². The van der Waals surface area contributed by atoms with Gasteiger partial charge in [-0.25, -0.2) is 14.8 Å². The van der Waals surface area contributed by atoms with E-state index in [4.69, 9.17) is 9.47 Å². The van der Waals surface area contributed by atoms with E-state index in [0.29, 0.717) is 26.4 Å². The van der Waals surface area contributed by atoms with E-state index in [-0.39, 0.29) is 17.9 Å². The number of hydrogen-bond donors (Lipinski definition) is 0. The summed E-state index contributed by atoms with van der Waals surface area (Å²) in [6.07, 6.45) is 6.95. The molecule has 1 amide bonds. The zero-order chi connectivity index (χ0) is 25.4. The molecule has 3 aromatic heterocycles. The Bertz CT molecular complexity index is 1250. The molecule has 1 aliphatic heterocycles. The normalized spacial score (nSPS) is 15.6. The van der Waals surface area contributed by atoms with Crippen LogP contribution in [-0.2, 0) is 21.7 Å². The molecular weight excluding hydrogens is 446 g/mol. The van der Waals surface area contributed by atoms with Crippen LogP contribution in [-0.4, -0.2) is 60.6 Å². The lowest BCUT2D eigenvalue weighted by molar-refractivity contribution is -0.0314. The summed E-state index contributed by atoms with van der Waals surface area (Å²) in [5.74, 6) is 0. The molecule has 4 heterocycles. The molecule has 0 aromatic carbocycles. The summed E-state index contributed by atoms with van der Waals surface area (Å²) in [6.45, 7) is 13.7. The molecular formula is C25H33N7O3. The third kappa shape index (κ3) is 5.30. The second kappa shape index (κ2) is 8.96. The fraction of sp³-hybridized carbons (Fsp3) is 0.560. The predicted molar refractivity (Wildman–Crippen MR) is 130 cm³/mol. The Morgan fingerprint density at radius 3 is 2.60 bits per heavy atom. The molecule has 0 atom stereocenters. The second-order valence-electron chi connectivity index (χ2n) is 11.4. The number of ether oxygens (including phenoxy) is 2. The average molecular weight is 480 g/mol. The van der Waals surface area contributed by atoms with Crippen LogP contribution in [0.1, 0.15) is 48.0 Å². The van der Waals surface area contributed by atoms with Crippen molar-refractivity contribution in [3.63, 3.8) is 0 Å². The number of nitrogens with zero attached hydrogens (tertiary/aromatic N) is 7. The fourth-order valence-electron chi connectivity index (χ4n) is 4.10. The molecule has 3 aromatic rings. The van der Waals surface area contributed by atoms with Crippen molar-refractivity contribution >= 4 is 17.1 Å². The van der Waals surface area contributed by atoms with Crippen molar-refractivity contribution in [2.75, 3.05) is 19.7 Å². The summed E-state index contributed by atoms with van der Waals surface area (Å²) in [5.41, 5.74) is 1.27. The summed E-state index contributed by atoms with van der Waals surface area (Å²) >= 11 is 0. The number of carbonyl (C=O) groups excluding carboxylic acids is 1. The highest BCUT2D eigenvalue weighted by atomic mass is 16.6. The van der Waals surface area contributed by atoms with E-state index in [0.717, 1.165) is 22.3 Å². The number of hydrogen-bond acceptors (Lipinski definition) is 7. The van der Waals surface area contributed by atoms with E-state index in [1.807, 2.05) is 43.8 Å². The van der Waals surface area contributed by atoms with Gasteiger partial charge >= 0.3 is 6.09 Å². The molecule has 0 unspecified atom stereocenters. The predicted octanol–water partition coefficient (Wildman–Crippen LogP) is 4.17. The molecule has 0 saturated carbocycles. The van der Waals surface area contributed by atoms with Gasteiger partial charge in [-0.15, -0.1) is 0 Å². The third-order valence-electron chi connectivity index (χ3n) is 5.69. The van der Waals surface area contributed by atoms with Gasteiger partial charge < -0.3 is 18.9 Å². The first-order chi connectivity index (χ1) is 16.4. The molecule has 0 aliphatic carbocycles. The number of likely N-dealkylation sites (tertiary alicyclic amines) is 1. The maximum Gasteiger partial charge on any atom is 0.410 e. The van der Waals surface area contributed by atoms with Crippen molar-refractivity contribution in [1.29, 1.82) is 5.26 Å². The summed E-state index contributed by atoms with van der Waals surface area (Å²) in [4.78, 5) is 23.0. The maximum absolute atomic E-state index is 12.4. The van der Waals surface area contributed by atoms with Crippen LogP contribution in [0.15, 0.2) is 31.0 Å². The smallest absolute Gasteiger partial charge is 0.410 e. The van der Waals surface area contributed by atoms with Crippen LogP contribution in [0.3, 0.4) is 0 Å². The van der Waals surface area contributed by atoms with Gasteiger partial charge in [-0.3, -0.25) is 4.68 Å². The highest BCUT2D eigenvalue weighted by molar-refractivity contribution is 5.90. The van der Waals surface area contributed by atoms with Crippen molar-refractivity contribution in [2.45, 2.75) is 65.8 Å². The van der Waals surface area contributed by atoms with Crippen molar-refractivity contribution in [3.8, 4) is 17.3 Å². The molecule has 0 radical (unpaired) electrons. The first-order valence-electron chi connectivity index (χ1n) is 11.7. The van der Waals surface area contributed by atoms with Crippen LogP contribution >= 0.6 is 0 Å². The van der Waals surface area contributed by atoms with Crippen LogP contribution in [0.2, 0.25) is 0 Å². The van der Waals surface area contributed by atoms with Gasteiger partial charge in [-0.2, -0.15) is 10.4 Å². The quantitative estimate of drug-likeness (QED) is 0.521. The van der Waals surface area contributed by atoms with E-state index in [1.165, 1.54) is 6.33 Å². The van der Waals surface area contributed by atoms with Gasteiger partial charge in [0.25, 0.3) is 0 Å². The first kappa shape index (κ1) is 24.7. The van der Waals surface area contributed by atoms with Crippen LogP contribution in [0.5, 0.6) is 0 Å². The van der Waals surface area contributed by atoms with Gasteiger partial charge in [0, 0.05) is 23.3 Å². The highest BCUT2D eigenvalue weighted by Gasteiger charge is 2.48. The van der Waals surface area contributed by atoms with Crippen molar-refractivity contribution in [2.24, 2.45) is 5.41 Å². The Morgan fingerprint density at radius 1 is 1.20 bits per heavy atom. The number of rotatable bonds is 6. The lowest BCUT2D eigenvalue weighted by Gasteiger charge is -2.48. The Balaban J connectivity index is 1.54. The Morgan fingerprint density at radius 2 is 1.94 bits per heavy atom. The molecule has 4 rings (SSSR count). The summed E-state index contributed by atoms with van der Waals surface area (Å²) in [5, 5.41) is 14.9. The van der Waals surface area contributed by atoms with Crippen molar-refractivity contribution in [3.05, 3.63) is 31.0 Å². The van der Waals surface area contributed by atoms with Gasteiger partial charge in [0.05, 0.1) is 44.1 Å². The molecule has 0 N–H and O–H groups in total. The lowest BCUT2D eigenvalue weighted by atomic mass is 9.87.